The van der Waals surface area contributed by atoms with Gasteiger partial charge in [-0.3, -0.25) is 82.1 Å². The molecule has 3 aromatic carbocycles. The third-order valence-corrected chi connectivity index (χ3v) is 22.0. The summed E-state index contributed by atoms with van der Waals surface area (Å²) in [6.07, 6.45) is -1.58. The van der Waals surface area contributed by atoms with E-state index < -0.39 is 259 Å². The average molecular weight is 1900 g/mol. The van der Waals surface area contributed by atoms with Crippen LogP contribution in [0.1, 0.15) is 134 Å². The van der Waals surface area contributed by atoms with Crippen LogP contribution >= 0.6 is 25.3 Å². The van der Waals surface area contributed by atoms with E-state index in [1.54, 1.807) is 119 Å². The Hall–Kier alpha value is -13.1. The van der Waals surface area contributed by atoms with Crippen molar-refractivity contribution in [1.82, 2.24) is 99.7 Å². The largest absolute Gasteiger partial charge is 0.481 e. The fourth-order valence-corrected chi connectivity index (χ4v) is 13.9. The maximum Gasteiger partial charge on any atom is 0.326 e. The Labute approximate surface area is 779 Å². The number of carboxylic acids is 2. The van der Waals surface area contributed by atoms with E-state index in [4.69, 9.17) is 28.3 Å². The van der Waals surface area contributed by atoms with Crippen molar-refractivity contribution in [3.8, 4) is 0 Å². The molecule has 0 spiro atoms. The number of hydrogen-bond acceptors (Lipinski definition) is 26. The molecule has 2 heterocycles. The summed E-state index contributed by atoms with van der Waals surface area (Å²) in [7, 11) is 0. The molecule has 0 aliphatic heterocycles. The lowest BCUT2D eigenvalue weighted by Crippen LogP contribution is -2.63. The van der Waals surface area contributed by atoms with E-state index in [1.807, 2.05) is 0 Å². The summed E-state index contributed by atoms with van der Waals surface area (Å²) in [5.41, 5.74) is 24.7. The predicted molar refractivity (Wildman–Crippen MR) is 490 cm³/mol. The monoisotopic (exact) mass is 1890 g/mol. The molecule has 0 aliphatic carbocycles. The van der Waals surface area contributed by atoms with Crippen LogP contribution in [0.3, 0.4) is 0 Å². The second kappa shape index (κ2) is 57.2. The number of imidazole rings is 2. The minimum atomic E-state index is -1.92. The van der Waals surface area contributed by atoms with E-state index >= 15 is 4.79 Å². The lowest BCUT2D eigenvalue weighted by atomic mass is 9.96. The lowest BCUT2D eigenvalue weighted by molar-refractivity contribution is -0.142. The van der Waals surface area contributed by atoms with E-state index in [9.17, 15) is 97.1 Å². The van der Waals surface area contributed by atoms with Gasteiger partial charge in [0.2, 0.25) is 88.6 Å². The maximum absolute atomic E-state index is 15.0. The molecule has 0 unspecified atom stereocenters. The molecule has 0 saturated carbocycles. The van der Waals surface area contributed by atoms with Crippen molar-refractivity contribution < 1.29 is 102 Å². The van der Waals surface area contributed by atoms with Gasteiger partial charge in [-0.1, -0.05) is 125 Å². The highest BCUT2D eigenvalue weighted by Crippen LogP contribution is 2.17. The van der Waals surface area contributed by atoms with E-state index in [-0.39, 0.29) is 94.4 Å². The minimum Gasteiger partial charge on any atom is -0.481 e. The number of aliphatic carboxylic acids is 2. The summed E-state index contributed by atoms with van der Waals surface area (Å²) in [6.45, 7) is 8.87. The second-order valence-electron chi connectivity index (χ2n) is 32.3. The zero-order valence-electron chi connectivity index (χ0n) is 74.7. The molecule has 30 N–H and O–H groups in total. The smallest absolute Gasteiger partial charge is 0.326 e. The van der Waals surface area contributed by atoms with Gasteiger partial charge in [0.05, 0.1) is 30.9 Å². The molecule has 0 bridgehead atoms. The molecule has 133 heavy (non-hydrogen) atoms. The SMILES string of the molecule is CC[C@H](C)[C@H](NC(=O)[C@H](Cc1cnc[nH]1)NC(=O)[C@@H](NC(=O)[C@H](CCCNC(=N)N)NC(=O)[C@@H](NC(=O)[C@H](Cc1ccccc1)NC(=O)[C@@H](NC(=O)[C@@H](N)CS)[C@@H](C)O)C(C)C)[C@@H](C)O)C(=O)N[C@@H](Cc1ccccc1)C(=O)N[C@@H](CS)C(=O)N[C@@H](CCCCN)C(=O)N[C@@H](CCC(=O)O)C(=O)N[C@@H](Cc1cnc[nH]1)C(=O)N[C@@H](CCC(N)=O)C(=O)N[C@@H](Cc1ccccc1)C(=O)O. The molecule has 15 amide bonds. The van der Waals surface area contributed by atoms with Gasteiger partial charge in [-0.05, 0) is 93.9 Å². The number of primary amides is 1. The molecule has 2 aromatic heterocycles. The summed E-state index contributed by atoms with van der Waals surface area (Å²) >= 11 is 8.41. The number of H-pyrrole nitrogens is 2. The number of thiol groups is 2. The normalized spacial score (nSPS) is 15.2. The lowest BCUT2D eigenvalue weighted by Gasteiger charge is -2.30. The van der Waals surface area contributed by atoms with Crippen molar-refractivity contribution >= 4 is 132 Å². The Morgan fingerprint density at radius 1 is 0.398 bits per heavy atom. The number of amides is 15. The Kier molecular flexibility index (Phi) is 47.5. The number of carbonyl (C=O) groups excluding carboxylic acids is 15. The Morgan fingerprint density at radius 2 is 0.729 bits per heavy atom. The number of hydrogen-bond donors (Lipinski definition) is 28. The summed E-state index contributed by atoms with van der Waals surface area (Å²) in [5, 5.41) is 87.8. The van der Waals surface area contributed by atoms with Gasteiger partial charge in [0.1, 0.15) is 84.6 Å². The molecule has 728 valence electrons. The fourth-order valence-electron chi connectivity index (χ4n) is 13.5. The van der Waals surface area contributed by atoms with Crippen LogP contribution in [0.4, 0.5) is 0 Å². The van der Waals surface area contributed by atoms with E-state index in [1.165, 1.54) is 32.0 Å². The molecule has 0 saturated heterocycles. The molecule has 47 heteroatoms. The molecule has 0 radical (unpaired) electrons. The summed E-state index contributed by atoms with van der Waals surface area (Å²) in [5.74, 6) is -20.6. The van der Waals surface area contributed by atoms with Crippen LogP contribution < -0.4 is 103 Å². The first-order chi connectivity index (χ1) is 63.2. The molecule has 18 atom stereocenters. The topological polar surface area (TPSA) is 737 Å². The second-order valence-corrected chi connectivity index (χ2v) is 33.0. The van der Waals surface area contributed by atoms with Crippen molar-refractivity contribution in [2.24, 2.45) is 34.8 Å². The highest BCUT2D eigenvalue weighted by molar-refractivity contribution is 7.80. The van der Waals surface area contributed by atoms with Crippen LogP contribution in [0.25, 0.3) is 0 Å². The molecule has 0 aliphatic rings. The van der Waals surface area contributed by atoms with Gasteiger partial charge in [-0.2, -0.15) is 25.3 Å². The number of carbonyl (C=O) groups is 17. The van der Waals surface area contributed by atoms with Crippen molar-refractivity contribution in [1.29, 1.82) is 5.41 Å². The number of nitrogens with one attached hydrogen (secondary N) is 18. The number of aromatic nitrogens is 4. The molecule has 5 rings (SSSR count). The molecular weight excluding hydrogens is 1770 g/mol. The van der Waals surface area contributed by atoms with Crippen LogP contribution in [-0.4, -0.2) is 274 Å². The van der Waals surface area contributed by atoms with Crippen molar-refractivity contribution in [2.75, 3.05) is 24.6 Å². The number of nitrogens with zero attached hydrogens (tertiary/aromatic N) is 2. The number of carboxylic acid groups (broad SMARTS) is 2. The van der Waals surface area contributed by atoms with E-state index in [0.717, 1.165) is 6.92 Å². The van der Waals surface area contributed by atoms with E-state index in [0.29, 0.717) is 16.7 Å². The number of aliphatic hydroxyl groups excluding tert-OH is 2. The quantitative estimate of drug-likeness (QED) is 0.00748. The standard InChI is InChI=1S/C86H126N24O21S2/c1-7-46(4)68(108-79(124)62(38-53-40-93-44-96-53)104-84(129)70(48(6)112)110-75(120)56(27-19-33-94-86(90)91)100-81(126)67(45(2)3)107-78(123)60(35-50-22-13-9-14-23-50)103-83(128)69(47(5)111)109-71(116)54(88)41-132)82(127)102-59(34-49-20-11-8-12-21-49)76(121)106-64(42-133)80(125)97-55(26-17-18-32-87)72(117)98-58(29-31-66(114)115)73(118)101-61(37-52-39-92-43-95-52)77(122)99-57(28-30-65(89)113)74(119)105-63(85(130)131)36-51-24-15-10-16-25-51/h8-16,20-25,39-40,43-48,54-64,67-70,111-112,132-133H,7,17-19,26-38,41-42,87-88H2,1-6H3,(H2,89,113)(H,92,95)(H,93,96)(H,97,125)(H,98,117)(H,99,122)(H,100,126)(H,101,118)(H,102,127)(H,103,128)(H,104,129)(H,105,119)(H,106,121)(H,107,123)(H,108,124)(H,109,116)(H,110,120)(H,114,115)(H,130,131)(H4,90,91,94)/t46-,47+,48+,54-,55-,56-,57-,58-,59-,60-,61-,62-,63-,64-,67-,68-,69-,70-/m0/s1. The van der Waals surface area contributed by atoms with Gasteiger partial charge in [0.15, 0.2) is 5.96 Å². The van der Waals surface area contributed by atoms with Crippen LogP contribution in [-0.2, 0) is 114 Å². The number of rotatable bonds is 60. The van der Waals surface area contributed by atoms with Crippen LogP contribution in [0.15, 0.2) is 116 Å². The maximum atomic E-state index is 15.0. The third-order valence-electron chi connectivity index (χ3n) is 21.3. The Balaban J connectivity index is 1.39. The Bertz CT molecular complexity index is 4660. The highest BCUT2D eigenvalue weighted by atomic mass is 32.1. The molecular formula is C86H126N24O21S2. The van der Waals surface area contributed by atoms with Crippen LogP contribution in [0.5, 0.6) is 0 Å². The molecule has 0 fully saturated rings. The minimum absolute atomic E-state index is 0.0191. The van der Waals surface area contributed by atoms with E-state index in [2.05, 4.69) is 125 Å². The summed E-state index contributed by atoms with van der Waals surface area (Å²) in [4.78, 5) is 253. The number of aromatic amines is 2. The summed E-state index contributed by atoms with van der Waals surface area (Å²) < 4.78 is 0. The van der Waals surface area contributed by atoms with Gasteiger partial charge in [0, 0.05) is 86.8 Å². The highest BCUT2D eigenvalue weighted by Gasteiger charge is 2.41. The first-order valence-corrected chi connectivity index (χ1v) is 44.6. The van der Waals surface area contributed by atoms with Gasteiger partial charge < -0.3 is 133 Å². The van der Waals surface area contributed by atoms with Gasteiger partial charge in [-0.25, -0.2) is 14.8 Å². The van der Waals surface area contributed by atoms with Gasteiger partial charge in [0.25, 0.3) is 0 Å². The fraction of sp³-hybridized carbons (Fsp3) is 0.512. The van der Waals surface area contributed by atoms with Crippen LogP contribution in [0.2, 0.25) is 0 Å². The predicted octanol–water partition coefficient (Wildman–Crippen LogP) is -5.31. The average Bonchev–Trinajstić information content (AvgIpc) is 1.59. The number of unbranched alkanes of at least 4 members (excludes halogenated alkanes) is 1. The Morgan fingerprint density at radius 3 is 1.11 bits per heavy atom. The number of benzene rings is 3. The molecule has 5 aromatic rings. The van der Waals surface area contributed by atoms with Crippen molar-refractivity contribution in [3.05, 3.63) is 144 Å². The van der Waals surface area contributed by atoms with Crippen molar-refractivity contribution in [3.63, 3.8) is 0 Å². The zero-order chi connectivity index (χ0) is 98.6. The zero-order valence-corrected chi connectivity index (χ0v) is 76.5. The third kappa shape index (κ3) is 38.7. The number of guanidine groups is 1. The first kappa shape index (κ1) is 110. The van der Waals surface area contributed by atoms with Crippen LogP contribution in [0, 0.1) is 17.2 Å². The van der Waals surface area contributed by atoms with Crippen molar-refractivity contribution in [2.45, 2.75) is 241 Å². The summed E-state index contributed by atoms with van der Waals surface area (Å²) in [6, 6.07) is 0.999. The molecule has 45 nitrogen and oxygen atoms in total. The first-order valence-electron chi connectivity index (χ1n) is 43.3. The number of aliphatic hydroxyl groups is 2. The van der Waals surface area contributed by atoms with Gasteiger partial charge >= 0.3 is 11.9 Å². The number of nitrogens with two attached hydrogens (primary N) is 4. The van der Waals surface area contributed by atoms with Gasteiger partial charge in [-0.15, -0.1) is 0 Å².